The van der Waals surface area contributed by atoms with Crippen molar-refractivity contribution in [1.29, 1.82) is 5.26 Å². The first kappa shape index (κ1) is 16.9. The summed E-state index contributed by atoms with van der Waals surface area (Å²) in [6.45, 7) is 2.13. The Balaban J connectivity index is 2.17. The van der Waals surface area contributed by atoms with Crippen molar-refractivity contribution in [1.82, 2.24) is 5.32 Å². The van der Waals surface area contributed by atoms with E-state index in [2.05, 4.69) is 12.2 Å². The maximum atomic E-state index is 12.3. The van der Waals surface area contributed by atoms with Crippen LogP contribution < -0.4 is 5.32 Å². The fraction of sp³-hybridized carbons (Fsp3) is 0.412. The number of halogens is 2. The second-order valence-electron chi connectivity index (χ2n) is 5.65. The van der Waals surface area contributed by atoms with E-state index in [0.717, 1.165) is 19.3 Å². The number of nitrogens with one attached hydrogen (secondary N) is 1. The van der Waals surface area contributed by atoms with Gasteiger partial charge in [0.15, 0.2) is 0 Å². The Bertz CT molecular complexity index is 634. The molecule has 0 unspecified atom stereocenters. The van der Waals surface area contributed by atoms with Gasteiger partial charge in [-0.2, -0.15) is 5.26 Å². The van der Waals surface area contributed by atoms with Crippen molar-refractivity contribution in [3.63, 3.8) is 0 Å². The highest BCUT2D eigenvalue weighted by molar-refractivity contribution is 6.43. The van der Waals surface area contributed by atoms with E-state index in [1.807, 2.05) is 6.07 Å². The monoisotopic (exact) mass is 336 g/mol. The molecular weight excluding hydrogens is 319 g/mol. The summed E-state index contributed by atoms with van der Waals surface area (Å²) in [6.07, 6.45) is 5.87. The Kier molecular flexibility index (Phi) is 5.88. The van der Waals surface area contributed by atoms with Gasteiger partial charge in [-0.05, 0) is 36.5 Å². The SMILES string of the molecule is C[C@H]1CCCC[C@@H]1NC(=O)/C(C#N)=C/c1cccc(Cl)c1Cl. The number of carbonyl (C=O) groups is 1. The molecule has 0 radical (unpaired) electrons. The molecule has 0 spiro atoms. The van der Waals surface area contributed by atoms with Crippen LogP contribution in [0.5, 0.6) is 0 Å². The lowest BCUT2D eigenvalue weighted by molar-refractivity contribution is -0.118. The first-order chi connectivity index (χ1) is 10.5. The number of benzene rings is 1. The predicted molar refractivity (Wildman–Crippen MR) is 89.6 cm³/mol. The van der Waals surface area contributed by atoms with Crippen LogP contribution in [0, 0.1) is 17.2 Å². The zero-order valence-electron chi connectivity index (χ0n) is 12.4. The van der Waals surface area contributed by atoms with Crippen LogP contribution in [0.25, 0.3) is 6.08 Å². The molecule has 2 atom stereocenters. The summed E-state index contributed by atoms with van der Waals surface area (Å²) < 4.78 is 0. The maximum absolute atomic E-state index is 12.3. The molecule has 0 aromatic heterocycles. The molecule has 22 heavy (non-hydrogen) atoms. The molecule has 1 aliphatic carbocycles. The van der Waals surface area contributed by atoms with Crippen LogP contribution in [0.3, 0.4) is 0 Å². The molecular formula is C17H18Cl2N2O. The number of hydrogen-bond acceptors (Lipinski definition) is 2. The van der Waals surface area contributed by atoms with E-state index in [1.54, 1.807) is 18.2 Å². The van der Waals surface area contributed by atoms with Gasteiger partial charge in [0.1, 0.15) is 11.6 Å². The lowest BCUT2D eigenvalue weighted by atomic mass is 9.86. The average Bonchev–Trinajstić information content (AvgIpc) is 2.51. The molecule has 1 aliphatic rings. The number of rotatable bonds is 3. The summed E-state index contributed by atoms with van der Waals surface area (Å²) in [4.78, 5) is 12.3. The molecule has 116 valence electrons. The minimum Gasteiger partial charge on any atom is -0.348 e. The largest absolute Gasteiger partial charge is 0.348 e. The Morgan fingerprint density at radius 2 is 2.09 bits per heavy atom. The average molecular weight is 337 g/mol. The fourth-order valence-corrected chi connectivity index (χ4v) is 3.08. The van der Waals surface area contributed by atoms with Gasteiger partial charge in [0.25, 0.3) is 5.91 Å². The molecule has 5 heteroatoms. The van der Waals surface area contributed by atoms with Crippen molar-refractivity contribution in [2.75, 3.05) is 0 Å². The minimum absolute atomic E-state index is 0.0435. The number of nitriles is 1. The van der Waals surface area contributed by atoms with E-state index in [4.69, 9.17) is 23.2 Å². The van der Waals surface area contributed by atoms with Crippen molar-refractivity contribution < 1.29 is 4.79 Å². The van der Waals surface area contributed by atoms with Crippen LogP contribution in [0.4, 0.5) is 0 Å². The van der Waals surface area contributed by atoms with Gasteiger partial charge in [-0.1, -0.05) is 55.1 Å². The van der Waals surface area contributed by atoms with Crippen molar-refractivity contribution in [2.45, 2.75) is 38.6 Å². The van der Waals surface area contributed by atoms with Gasteiger partial charge in [-0.15, -0.1) is 0 Å². The summed E-state index contributed by atoms with van der Waals surface area (Å²) in [7, 11) is 0. The zero-order chi connectivity index (χ0) is 16.1. The highest BCUT2D eigenvalue weighted by Gasteiger charge is 2.24. The third-order valence-corrected chi connectivity index (χ3v) is 4.91. The lowest BCUT2D eigenvalue weighted by Crippen LogP contribution is -2.41. The predicted octanol–water partition coefficient (Wildman–Crippen LogP) is 4.60. The second-order valence-corrected chi connectivity index (χ2v) is 6.44. The first-order valence-corrected chi connectivity index (χ1v) is 8.15. The van der Waals surface area contributed by atoms with E-state index >= 15 is 0 Å². The Hall–Kier alpha value is -1.50. The van der Waals surface area contributed by atoms with Crippen molar-refractivity contribution in [3.8, 4) is 6.07 Å². The van der Waals surface area contributed by atoms with Crippen LogP contribution in [-0.4, -0.2) is 11.9 Å². The molecule has 3 nitrogen and oxygen atoms in total. The van der Waals surface area contributed by atoms with Crippen LogP contribution in [-0.2, 0) is 4.79 Å². The first-order valence-electron chi connectivity index (χ1n) is 7.39. The molecule has 0 heterocycles. The van der Waals surface area contributed by atoms with Gasteiger partial charge in [0, 0.05) is 6.04 Å². The summed E-state index contributed by atoms with van der Waals surface area (Å²) >= 11 is 12.0. The standard InChI is InChI=1S/C17H18Cl2N2O/c1-11-5-2-3-8-15(11)21-17(22)13(10-20)9-12-6-4-7-14(18)16(12)19/h4,6-7,9,11,15H,2-3,5,8H2,1H3,(H,21,22)/b13-9+/t11-,15-/m0/s1. The van der Waals surface area contributed by atoms with E-state index in [1.165, 1.54) is 12.5 Å². The molecule has 1 saturated carbocycles. The summed E-state index contributed by atoms with van der Waals surface area (Å²) in [5.74, 6) is 0.0877. The van der Waals surface area contributed by atoms with E-state index < -0.39 is 0 Å². The van der Waals surface area contributed by atoms with E-state index in [9.17, 15) is 10.1 Å². The third kappa shape index (κ3) is 4.03. The highest BCUT2D eigenvalue weighted by atomic mass is 35.5. The van der Waals surface area contributed by atoms with Crippen molar-refractivity contribution in [2.24, 2.45) is 5.92 Å². The molecule has 1 aromatic carbocycles. The normalized spacial score (nSPS) is 22.0. The maximum Gasteiger partial charge on any atom is 0.262 e. The van der Waals surface area contributed by atoms with Gasteiger partial charge in [0.2, 0.25) is 0 Å². The van der Waals surface area contributed by atoms with E-state index in [0.29, 0.717) is 21.5 Å². The number of nitrogens with zero attached hydrogens (tertiary/aromatic N) is 1. The fourth-order valence-electron chi connectivity index (χ4n) is 2.71. The second kappa shape index (κ2) is 7.67. The Morgan fingerprint density at radius 3 is 2.77 bits per heavy atom. The van der Waals surface area contributed by atoms with Gasteiger partial charge < -0.3 is 5.32 Å². The molecule has 2 rings (SSSR count). The van der Waals surface area contributed by atoms with Crippen molar-refractivity contribution >= 4 is 35.2 Å². The highest BCUT2D eigenvalue weighted by Crippen LogP contribution is 2.27. The van der Waals surface area contributed by atoms with Gasteiger partial charge >= 0.3 is 0 Å². The van der Waals surface area contributed by atoms with Crippen LogP contribution in [0.2, 0.25) is 10.0 Å². The van der Waals surface area contributed by atoms with E-state index in [-0.39, 0.29) is 17.5 Å². The third-order valence-electron chi connectivity index (χ3n) is 4.07. The number of hydrogen-bond donors (Lipinski definition) is 1. The van der Waals surface area contributed by atoms with Gasteiger partial charge in [-0.25, -0.2) is 0 Å². The van der Waals surface area contributed by atoms with Gasteiger partial charge in [-0.3, -0.25) is 4.79 Å². The molecule has 1 amide bonds. The van der Waals surface area contributed by atoms with Crippen LogP contribution in [0.15, 0.2) is 23.8 Å². The Morgan fingerprint density at radius 1 is 1.36 bits per heavy atom. The molecule has 0 bridgehead atoms. The zero-order valence-corrected chi connectivity index (χ0v) is 13.9. The molecule has 1 aromatic rings. The summed E-state index contributed by atoms with van der Waals surface area (Å²) in [6, 6.07) is 7.20. The summed E-state index contributed by atoms with van der Waals surface area (Å²) in [5.41, 5.74) is 0.611. The number of amides is 1. The molecule has 0 aliphatic heterocycles. The summed E-state index contributed by atoms with van der Waals surface area (Å²) in [5, 5.41) is 13.0. The molecule has 1 N–H and O–H groups in total. The quantitative estimate of drug-likeness (QED) is 0.648. The topological polar surface area (TPSA) is 52.9 Å². The number of carbonyl (C=O) groups excluding carboxylic acids is 1. The lowest BCUT2D eigenvalue weighted by Gasteiger charge is -2.29. The molecule has 1 fully saturated rings. The van der Waals surface area contributed by atoms with Crippen LogP contribution in [0.1, 0.15) is 38.2 Å². The van der Waals surface area contributed by atoms with Gasteiger partial charge in [0.05, 0.1) is 10.0 Å². The van der Waals surface area contributed by atoms with Crippen LogP contribution >= 0.6 is 23.2 Å². The smallest absolute Gasteiger partial charge is 0.262 e. The molecule has 0 saturated heterocycles. The minimum atomic E-state index is -0.350. The Labute approximate surface area is 140 Å². The van der Waals surface area contributed by atoms with Crippen molar-refractivity contribution in [3.05, 3.63) is 39.4 Å².